The number of H-pyrrole nitrogens is 1. The third kappa shape index (κ3) is 3.14. The molecule has 8 heteroatoms. The standard InChI is InChI=1S/C21H16FN7/c1-12(28-21-19-20(25-10-24-19)26-11-27-21)15-8-13-5-6-14(22)9-17(13)29-18(15)16-4-2-3-7-23-16/h2-12H,1H3,(H2,24,25,26,27,28)/t12-/m1/s1. The lowest BCUT2D eigenvalue weighted by molar-refractivity contribution is 0.629. The zero-order valence-electron chi connectivity index (χ0n) is 15.5. The van der Waals surface area contributed by atoms with E-state index in [1.165, 1.54) is 18.5 Å². The first-order valence-electron chi connectivity index (χ1n) is 9.11. The van der Waals surface area contributed by atoms with Crippen LogP contribution in [0.5, 0.6) is 0 Å². The number of imidazole rings is 1. The molecule has 4 heterocycles. The van der Waals surface area contributed by atoms with E-state index in [9.17, 15) is 4.39 Å². The number of nitrogens with one attached hydrogen (secondary N) is 2. The Morgan fingerprint density at radius 3 is 2.83 bits per heavy atom. The molecule has 0 bridgehead atoms. The van der Waals surface area contributed by atoms with Gasteiger partial charge in [0.25, 0.3) is 0 Å². The highest BCUT2D eigenvalue weighted by atomic mass is 19.1. The van der Waals surface area contributed by atoms with Crippen molar-refractivity contribution in [2.45, 2.75) is 13.0 Å². The lowest BCUT2D eigenvalue weighted by Crippen LogP contribution is -2.11. The Hall–Kier alpha value is -3.94. The lowest BCUT2D eigenvalue weighted by atomic mass is 10.0. The Morgan fingerprint density at radius 2 is 1.97 bits per heavy atom. The minimum atomic E-state index is -0.321. The highest BCUT2D eigenvalue weighted by Crippen LogP contribution is 2.31. The normalized spacial score (nSPS) is 12.3. The van der Waals surface area contributed by atoms with Gasteiger partial charge in [0.1, 0.15) is 17.7 Å². The van der Waals surface area contributed by atoms with Gasteiger partial charge in [0, 0.05) is 23.2 Å². The summed E-state index contributed by atoms with van der Waals surface area (Å²) in [5, 5.41) is 4.26. The van der Waals surface area contributed by atoms with Crippen LogP contribution in [0.3, 0.4) is 0 Å². The molecule has 5 rings (SSSR count). The summed E-state index contributed by atoms with van der Waals surface area (Å²) in [7, 11) is 0. The second kappa shape index (κ2) is 6.90. The zero-order chi connectivity index (χ0) is 19.8. The molecule has 7 nitrogen and oxygen atoms in total. The van der Waals surface area contributed by atoms with Crippen LogP contribution >= 0.6 is 0 Å². The van der Waals surface area contributed by atoms with Crippen LogP contribution in [0.1, 0.15) is 18.5 Å². The summed E-state index contributed by atoms with van der Waals surface area (Å²) in [6.45, 7) is 2.02. The monoisotopic (exact) mass is 385 g/mol. The molecule has 5 aromatic rings. The van der Waals surface area contributed by atoms with Crippen molar-refractivity contribution in [2.75, 3.05) is 5.32 Å². The average Bonchev–Trinajstić information content (AvgIpc) is 3.23. The molecule has 29 heavy (non-hydrogen) atoms. The fraction of sp³-hybridized carbons (Fsp3) is 0.0952. The molecular weight excluding hydrogens is 369 g/mol. The molecule has 142 valence electrons. The molecule has 0 amide bonds. The molecule has 4 aromatic heterocycles. The van der Waals surface area contributed by atoms with Crippen LogP contribution in [0.2, 0.25) is 0 Å². The predicted octanol–water partition coefficient (Wildman–Crippen LogP) is 4.28. The summed E-state index contributed by atoms with van der Waals surface area (Å²) in [5.74, 6) is 0.324. The topological polar surface area (TPSA) is 92.3 Å². The van der Waals surface area contributed by atoms with Gasteiger partial charge in [-0.25, -0.2) is 24.3 Å². The average molecular weight is 385 g/mol. The van der Waals surface area contributed by atoms with Crippen molar-refractivity contribution >= 4 is 27.9 Å². The number of hydrogen-bond acceptors (Lipinski definition) is 6. The van der Waals surface area contributed by atoms with E-state index < -0.39 is 0 Å². The van der Waals surface area contributed by atoms with Crippen LogP contribution in [-0.4, -0.2) is 29.9 Å². The van der Waals surface area contributed by atoms with Crippen molar-refractivity contribution in [3.8, 4) is 11.4 Å². The molecule has 0 fully saturated rings. The molecule has 0 aliphatic carbocycles. The maximum absolute atomic E-state index is 13.7. The van der Waals surface area contributed by atoms with E-state index in [0.29, 0.717) is 22.7 Å². The smallest absolute Gasteiger partial charge is 0.182 e. The number of benzene rings is 1. The number of hydrogen-bond donors (Lipinski definition) is 2. The Kier molecular flexibility index (Phi) is 4.09. The van der Waals surface area contributed by atoms with Crippen molar-refractivity contribution in [2.24, 2.45) is 0 Å². The third-order valence-electron chi connectivity index (χ3n) is 4.76. The van der Waals surface area contributed by atoms with E-state index >= 15 is 0 Å². The molecule has 0 spiro atoms. The highest BCUT2D eigenvalue weighted by Gasteiger charge is 2.18. The number of aromatic amines is 1. The van der Waals surface area contributed by atoms with E-state index in [-0.39, 0.29) is 11.9 Å². The van der Waals surface area contributed by atoms with Crippen LogP contribution in [-0.2, 0) is 0 Å². The van der Waals surface area contributed by atoms with Crippen LogP contribution in [0.4, 0.5) is 10.2 Å². The molecule has 0 aliphatic rings. The fourth-order valence-electron chi connectivity index (χ4n) is 3.35. The Morgan fingerprint density at radius 1 is 1.03 bits per heavy atom. The SMILES string of the molecule is C[C@@H](Nc1ncnc2nc[nH]c12)c1cc2ccc(F)cc2nc1-c1ccccn1. The Labute approximate surface area is 165 Å². The summed E-state index contributed by atoms with van der Waals surface area (Å²) in [5.41, 5.74) is 4.24. The minimum absolute atomic E-state index is 0.157. The van der Waals surface area contributed by atoms with Crippen molar-refractivity contribution in [3.63, 3.8) is 0 Å². The maximum atomic E-state index is 13.7. The Balaban J connectivity index is 1.64. The molecule has 1 aromatic carbocycles. The molecular formula is C21H16FN7. The first-order valence-corrected chi connectivity index (χ1v) is 9.11. The largest absolute Gasteiger partial charge is 0.362 e. The quantitative estimate of drug-likeness (QED) is 0.480. The summed E-state index contributed by atoms with van der Waals surface area (Å²) in [6.07, 6.45) is 4.77. The highest BCUT2D eigenvalue weighted by molar-refractivity contribution is 5.85. The van der Waals surface area contributed by atoms with E-state index in [2.05, 4.69) is 30.2 Å². The molecule has 2 N–H and O–H groups in total. The minimum Gasteiger partial charge on any atom is -0.362 e. The first-order chi connectivity index (χ1) is 14.2. The summed E-state index contributed by atoms with van der Waals surface area (Å²) in [4.78, 5) is 24.9. The second-order valence-corrected chi connectivity index (χ2v) is 6.67. The second-order valence-electron chi connectivity index (χ2n) is 6.67. The zero-order valence-corrected chi connectivity index (χ0v) is 15.5. The van der Waals surface area contributed by atoms with Gasteiger partial charge in [0.15, 0.2) is 11.5 Å². The lowest BCUT2D eigenvalue weighted by Gasteiger charge is -2.19. The molecule has 0 aliphatic heterocycles. The van der Waals surface area contributed by atoms with Gasteiger partial charge in [-0.2, -0.15) is 0 Å². The number of rotatable bonds is 4. The van der Waals surface area contributed by atoms with Gasteiger partial charge < -0.3 is 10.3 Å². The molecule has 1 atom stereocenters. The fourth-order valence-corrected chi connectivity index (χ4v) is 3.35. The molecule has 0 saturated heterocycles. The van der Waals surface area contributed by atoms with Crippen molar-refractivity contribution in [1.82, 2.24) is 29.9 Å². The van der Waals surface area contributed by atoms with Gasteiger partial charge in [0.05, 0.1) is 29.3 Å². The maximum Gasteiger partial charge on any atom is 0.182 e. The molecule has 0 radical (unpaired) electrons. The van der Waals surface area contributed by atoms with E-state index in [1.807, 2.05) is 31.2 Å². The Bertz CT molecular complexity index is 1320. The van der Waals surface area contributed by atoms with Crippen molar-refractivity contribution < 1.29 is 4.39 Å². The number of pyridine rings is 2. The number of halogens is 1. The predicted molar refractivity (Wildman–Crippen MR) is 109 cm³/mol. The van der Waals surface area contributed by atoms with Gasteiger partial charge in [-0.1, -0.05) is 6.07 Å². The molecule has 0 saturated carbocycles. The van der Waals surface area contributed by atoms with E-state index in [1.54, 1.807) is 18.6 Å². The summed E-state index contributed by atoms with van der Waals surface area (Å²) < 4.78 is 13.7. The number of fused-ring (bicyclic) bond motifs is 2. The third-order valence-corrected chi connectivity index (χ3v) is 4.76. The van der Waals surface area contributed by atoms with Gasteiger partial charge in [-0.05, 0) is 37.3 Å². The van der Waals surface area contributed by atoms with Gasteiger partial charge in [-0.3, -0.25) is 4.98 Å². The number of aromatic nitrogens is 6. The number of anilines is 1. The van der Waals surface area contributed by atoms with Gasteiger partial charge >= 0.3 is 0 Å². The van der Waals surface area contributed by atoms with Crippen LogP contribution < -0.4 is 5.32 Å². The van der Waals surface area contributed by atoms with Crippen molar-refractivity contribution in [3.05, 3.63) is 72.7 Å². The molecule has 0 unspecified atom stereocenters. The van der Waals surface area contributed by atoms with Crippen LogP contribution in [0.25, 0.3) is 33.5 Å². The van der Waals surface area contributed by atoms with Gasteiger partial charge in [-0.15, -0.1) is 0 Å². The number of nitrogens with zero attached hydrogens (tertiary/aromatic N) is 5. The first kappa shape index (κ1) is 17.2. The summed E-state index contributed by atoms with van der Waals surface area (Å²) >= 11 is 0. The van der Waals surface area contributed by atoms with Crippen molar-refractivity contribution in [1.29, 1.82) is 0 Å². The van der Waals surface area contributed by atoms with E-state index in [0.717, 1.165) is 22.2 Å². The van der Waals surface area contributed by atoms with E-state index in [4.69, 9.17) is 4.98 Å². The van der Waals surface area contributed by atoms with Crippen LogP contribution in [0.15, 0.2) is 61.3 Å². The van der Waals surface area contributed by atoms with Crippen LogP contribution in [0, 0.1) is 5.82 Å². The summed E-state index contributed by atoms with van der Waals surface area (Å²) in [6, 6.07) is 12.1. The van der Waals surface area contributed by atoms with Gasteiger partial charge in [0.2, 0.25) is 0 Å².